The van der Waals surface area contributed by atoms with Crippen molar-refractivity contribution in [2.45, 2.75) is 19.5 Å². The minimum atomic E-state index is 0.144. The average molecular weight is 180 g/mol. The number of aromatic hydroxyl groups is 1. The molecule has 0 radical (unpaired) electrons. The Bertz CT molecular complexity index is 261. The van der Waals surface area contributed by atoms with Crippen LogP contribution in [0.25, 0.3) is 0 Å². The molecule has 1 atom stereocenters. The zero-order chi connectivity index (χ0) is 9.68. The Kier molecular flexibility index (Phi) is 3.73. The van der Waals surface area contributed by atoms with E-state index in [2.05, 4.69) is 5.32 Å². The van der Waals surface area contributed by atoms with Crippen LogP contribution in [0.15, 0.2) is 24.3 Å². The van der Waals surface area contributed by atoms with Crippen molar-refractivity contribution in [1.82, 2.24) is 5.32 Å². The summed E-state index contributed by atoms with van der Waals surface area (Å²) < 4.78 is 0. The average Bonchev–Trinajstić information content (AvgIpc) is 2.08. The molecule has 0 fully saturated rings. The van der Waals surface area contributed by atoms with Crippen molar-refractivity contribution in [2.75, 3.05) is 6.54 Å². The lowest BCUT2D eigenvalue weighted by Gasteiger charge is -2.08. The highest BCUT2D eigenvalue weighted by atomic mass is 16.3. The largest absolute Gasteiger partial charge is 0.508 e. The molecule has 13 heavy (non-hydrogen) atoms. The molecular weight excluding hydrogens is 164 g/mol. The molecule has 1 aromatic carbocycles. The molecule has 1 unspecified atom stereocenters. The normalized spacial score (nSPS) is 12.8. The molecule has 1 rings (SSSR count). The molecule has 4 N–H and O–H groups in total. The minimum absolute atomic E-state index is 0.144. The number of hydrogen-bond donors (Lipinski definition) is 3. The lowest BCUT2D eigenvalue weighted by molar-refractivity contribution is 0.463. The summed E-state index contributed by atoms with van der Waals surface area (Å²) in [5.41, 5.74) is 6.48. The van der Waals surface area contributed by atoms with Gasteiger partial charge in [-0.15, -0.1) is 0 Å². The first-order chi connectivity index (χ1) is 6.20. The summed E-state index contributed by atoms with van der Waals surface area (Å²) in [4.78, 5) is 0. The minimum Gasteiger partial charge on any atom is -0.508 e. The van der Waals surface area contributed by atoms with Gasteiger partial charge in [-0.05, 0) is 13.0 Å². The highest BCUT2D eigenvalue weighted by Gasteiger charge is 1.98. The zero-order valence-corrected chi connectivity index (χ0v) is 7.83. The second-order valence-electron chi connectivity index (χ2n) is 3.24. The Hall–Kier alpha value is -1.06. The van der Waals surface area contributed by atoms with E-state index in [0.717, 1.165) is 12.1 Å². The van der Waals surface area contributed by atoms with Crippen LogP contribution in [0.5, 0.6) is 5.75 Å². The van der Waals surface area contributed by atoms with E-state index in [1.807, 2.05) is 25.1 Å². The molecule has 0 saturated heterocycles. The first-order valence-corrected chi connectivity index (χ1v) is 4.43. The maximum absolute atomic E-state index is 9.40. The van der Waals surface area contributed by atoms with Gasteiger partial charge in [-0.25, -0.2) is 0 Å². The molecule has 1 aromatic rings. The van der Waals surface area contributed by atoms with Gasteiger partial charge >= 0.3 is 0 Å². The number of para-hydroxylation sites is 1. The van der Waals surface area contributed by atoms with Crippen molar-refractivity contribution in [3.8, 4) is 5.75 Å². The van der Waals surface area contributed by atoms with Gasteiger partial charge in [0.1, 0.15) is 5.75 Å². The summed E-state index contributed by atoms with van der Waals surface area (Å²) in [5, 5.41) is 12.6. The van der Waals surface area contributed by atoms with Gasteiger partial charge in [0.15, 0.2) is 0 Å². The number of phenolic OH excluding ortho intramolecular Hbond substituents is 1. The number of benzene rings is 1. The van der Waals surface area contributed by atoms with Gasteiger partial charge < -0.3 is 16.2 Å². The lowest BCUT2D eigenvalue weighted by atomic mass is 10.2. The van der Waals surface area contributed by atoms with Gasteiger partial charge in [-0.2, -0.15) is 0 Å². The molecule has 0 amide bonds. The summed E-state index contributed by atoms with van der Waals surface area (Å²) in [6, 6.07) is 7.44. The van der Waals surface area contributed by atoms with Crippen LogP contribution in [0.3, 0.4) is 0 Å². The number of rotatable bonds is 4. The SMILES string of the molecule is CC(N)CNCc1ccccc1O. The fourth-order valence-corrected chi connectivity index (χ4v) is 1.09. The molecule has 0 bridgehead atoms. The Morgan fingerprint density at radius 2 is 2.15 bits per heavy atom. The Morgan fingerprint density at radius 3 is 2.77 bits per heavy atom. The summed E-state index contributed by atoms with van der Waals surface area (Å²) in [5.74, 6) is 0.333. The van der Waals surface area contributed by atoms with E-state index in [1.165, 1.54) is 0 Å². The van der Waals surface area contributed by atoms with E-state index in [4.69, 9.17) is 5.73 Å². The molecule has 0 heterocycles. The monoisotopic (exact) mass is 180 g/mol. The van der Waals surface area contributed by atoms with Crippen molar-refractivity contribution in [2.24, 2.45) is 5.73 Å². The number of hydrogen-bond acceptors (Lipinski definition) is 3. The third-order valence-electron chi connectivity index (χ3n) is 1.77. The Morgan fingerprint density at radius 1 is 1.46 bits per heavy atom. The van der Waals surface area contributed by atoms with E-state index in [9.17, 15) is 5.11 Å². The van der Waals surface area contributed by atoms with Crippen LogP contribution < -0.4 is 11.1 Å². The highest BCUT2D eigenvalue weighted by molar-refractivity contribution is 5.31. The van der Waals surface area contributed by atoms with Crippen molar-refractivity contribution in [3.05, 3.63) is 29.8 Å². The smallest absolute Gasteiger partial charge is 0.120 e. The van der Waals surface area contributed by atoms with Gasteiger partial charge in [0, 0.05) is 24.7 Å². The lowest BCUT2D eigenvalue weighted by Crippen LogP contribution is -2.30. The van der Waals surface area contributed by atoms with E-state index in [-0.39, 0.29) is 6.04 Å². The maximum Gasteiger partial charge on any atom is 0.120 e. The molecule has 72 valence electrons. The van der Waals surface area contributed by atoms with Crippen LogP contribution >= 0.6 is 0 Å². The zero-order valence-electron chi connectivity index (χ0n) is 7.83. The standard InChI is InChI=1S/C10H16N2O/c1-8(11)6-12-7-9-4-2-3-5-10(9)13/h2-5,8,12-13H,6-7,11H2,1H3. The molecule has 0 aliphatic heterocycles. The molecular formula is C10H16N2O. The van der Waals surface area contributed by atoms with Gasteiger partial charge in [-0.1, -0.05) is 18.2 Å². The third-order valence-corrected chi connectivity index (χ3v) is 1.77. The topological polar surface area (TPSA) is 58.3 Å². The maximum atomic E-state index is 9.40. The van der Waals surface area contributed by atoms with E-state index < -0.39 is 0 Å². The van der Waals surface area contributed by atoms with Crippen molar-refractivity contribution < 1.29 is 5.11 Å². The second kappa shape index (κ2) is 4.84. The number of nitrogens with two attached hydrogens (primary N) is 1. The molecule has 0 spiro atoms. The van der Waals surface area contributed by atoms with Gasteiger partial charge in [-0.3, -0.25) is 0 Å². The van der Waals surface area contributed by atoms with Crippen molar-refractivity contribution in [3.63, 3.8) is 0 Å². The van der Waals surface area contributed by atoms with Gasteiger partial charge in [0.05, 0.1) is 0 Å². The van der Waals surface area contributed by atoms with E-state index in [1.54, 1.807) is 6.07 Å². The van der Waals surface area contributed by atoms with Crippen LogP contribution in [0.2, 0.25) is 0 Å². The van der Waals surface area contributed by atoms with Crippen LogP contribution in [0.4, 0.5) is 0 Å². The van der Waals surface area contributed by atoms with Crippen LogP contribution in [-0.4, -0.2) is 17.7 Å². The first kappa shape index (κ1) is 10.0. The second-order valence-corrected chi connectivity index (χ2v) is 3.24. The summed E-state index contributed by atoms with van der Waals surface area (Å²) in [7, 11) is 0. The first-order valence-electron chi connectivity index (χ1n) is 4.43. The predicted octanol–water partition coefficient (Wildman–Crippen LogP) is 0.829. The Labute approximate surface area is 78.6 Å². The molecule has 0 aliphatic carbocycles. The molecule has 3 nitrogen and oxygen atoms in total. The van der Waals surface area contributed by atoms with E-state index >= 15 is 0 Å². The van der Waals surface area contributed by atoms with Crippen LogP contribution in [0.1, 0.15) is 12.5 Å². The third kappa shape index (κ3) is 3.44. The van der Waals surface area contributed by atoms with Gasteiger partial charge in [0.2, 0.25) is 0 Å². The quantitative estimate of drug-likeness (QED) is 0.643. The molecule has 0 aliphatic rings. The summed E-state index contributed by atoms with van der Waals surface area (Å²) in [6.45, 7) is 3.36. The van der Waals surface area contributed by atoms with Crippen molar-refractivity contribution in [1.29, 1.82) is 0 Å². The summed E-state index contributed by atoms with van der Waals surface area (Å²) in [6.07, 6.45) is 0. The molecule has 0 aromatic heterocycles. The number of phenols is 1. The van der Waals surface area contributed by atoms with E-state index in [0.29, 0.717) is 12.3 Å². The van der Waals surface area contributed by atoms with Gasteiger partial charge in [0.25, 0.3) is 0 Å². The summed E-state index contributed by atoms with van der Waals surface area (Å²) >= 11 is 0. The number of nitrogens with one attached hydrogen (secondary N) is 1. The van der Waals surface area contributed by atoms with Crippen LogP contribution in [0, 0.1) is 0 Å². The fraction of sp³-hybridized carbons (Fsp3) is 0.400. The molecule has 3 heteroatoms. The van der Waals surface area contributed by atoms with Crippen LogP contribution in [-0.2, 0) is 6.54 Å². The fourth-order valence-electron chi connectivity index (χ4n) is 1.09. The molecule has 0 saturated carbocycles. The highest BCUT2D eigenvalue weighted by Crippen LogP contribution is 2.14. The van der Waals surface area contributed by atoms with Crippen molar-refractivity contribution >= 4 is 0 Å². The Balaban J connectivity index is 2.41. The predicted molar refractivity (Wildman–Crippen MR) is 53.5 cm³/mol.